The molecule has 29 heavy (non-hydrogen) atoms. The minimum Gasteiger partial charge on any atom is -0.376 e. The van der Waals surface area contributed by atoms with Gasteiger partial charge in [0.25, 0.3) is 15.9 Å². The van der Waals surface area contributed by atoms with Crippen LogP contribution in [-0.4, -0.2) is 31.1 Å². The van der Waals surface area contributed by atoms with Crippen LogP contribution in [0.25, 0.3) is 11.5 Å². The Labute approximate surface area is 175 Å². The standard InChI is InChI=1S/C17H18N4O5S3/c1-9-19-16(26-20-9)15-12-5-6-25-8-13(12)28-17(15)21-29(23,24)14-4-3-11(27-14)7-18-10(2)22/h3-4,21H,5-8H2,1-2H3,(H,18,22). The maximum atomic E-state index is 13.0. The van der Waals surface area contributed by atoms with Gasteiger partial charge in [0.15, 0.2) is 5.82 Å². The Bertz CT molecular complexity index is 1160. The Morgan fingerprint density at radius 3 is 2.86 bits per heavy atom. The first-order chi connectivity index (χ1) is 13.8. The lowest BCUT2D eigenvalue weighted by molar-refractivity contribution is -0.119. The smallest absolute Gasteiger partial charge is 0.272 e. The summed E-state index contributed by atoms with van der Waals surface area (Å²) >= 11 is 2.42. The molecular weight excluding hydrogens is 436 g/mol. The average Bonchev–Trinajstić information content (AvgIpc) is 3.37. The van der Waals surface area contributed by atoms with Crippen molar-refractivity contribution >= 4 is 43.6 Å². The molecule has 0 atom stereocenters. The largest absolute Gasteiger partial charge is 0.376 e. The van der Waals surface area contributed by atoms with Crippen molar-refractivity contribution < 1.29 is 22.5 Å². The summed E-state index contributed by atoms with van der Waals surface area (Å²) in [5, 5.41) is 6.92. The highest BCUT2D eigenvalue weighted by atomic mass is 32.2. The number of aryl methyl sites for hydroxylation is 1. The number of rotatable bonds is 6. The summed E-state index contributed by atoms with van der Waals surface area (Å²) in [4.78, 5) is 17.0. The van der Waals surface area contributed by atoms with Gasteiger partial charge in [-0.1, -0.05) is 5.16 Å². The number of fused-ring (bicyclic) bond motifs is 1. The number of carbonyl (C=O) groups is 1. The van der Waals surface area contributed by atoms with E-state index in [4.69, 9.17) is 9.26 Å². The Hall–Kier alpha value is -2.28. The van der Waals surface area contributed by atoms with E-state index < -0.39 is 10.0 Å². The lowest BCUT2D eigenvalue weighted by Crippen LogP contribution is -2.18. The van der Waals surface area contributed by atoms with Gasteiger partial charge in [0.1, 0.15) is 9.21 Å². The number of ether oxygens (including phenoxy) is 1. The summed E-state index contributed by atoms with van der Waals surface area (Å²) in [5.74, 6) is 0.589. The van der Waals surface area contributed by atoms with Gasteiger partial charge in [-0.2, -0.15) is 4.98 Å². The van der Waals surface area contributed by atoms with Crippen molar-refractivity contribution in [2.24, 2.45) is 0 Å². The van der Waals surface area contributed by atoms with Crippen molar-refractivity contribution in [2.75, 3.05) is 11.3 Å². The van der Waals surface area contributed by atoms with Crippen molar-refractivity contribution in [3.05, 3.63) is 33.3 Å². The number of anilines is 1. The summed E-state index contributed by atoms with van der Waals surface area (Å²) in [5.41, 5.74) is 1.59. The molecule has 0 bridgehead atoms. The van der Waals surface area contributed by atoms with Crippen molar-refractivity contribution in [2.45, 2.75) is 37.6 Å². The number of sulfonamides is 1. The third-order valence-electron chi connectivity index (χ3n) is 4.20. The predicted octanol–water partition coefficient (Wildman–Crippen LogP) is 2.68. The zero-order chi connectivity index (χ0) is 20.6. The van der Waals surface area contributed by atoms with Crippen LogP contribution in [0.4, 0.5) is 5.00 Å². The molecular formula is C17H18N4O5S3. The Morgan fingerprint density at radius 1 is 1.31 bits per heavy atom. The number of aromatic nitrogens is 2. The summed E-state index contributed by atoms with van der Waals surface area (Å²) in [6.07, 6.45) is 0.643. The number of nitrogens with zero attached hydrogens (tertiary/aromatic N) is 2. The van der Waals surface area contributed by atoms with Crippen LogP contribution in [0.5, 0.6) is 0 Å². The first kappa shape index (κ1) is 20.0. The van der Waals surface area contributed by atoms with Gasteiger partial charge < -0.3 is 14.6 Å². The van der Waals surface area contributed by atoms with Crippen molar-refractivity contribution in [1.82, 2.24) is 15.5 Å². The lowest BCUT2D eigenvalue weighted by atomic mass is 10.1. The van der Waals surface area contributed by atoms with E-state index in [0.717, 1.165) is 26.7 Å². The lowest BCUT2D eigenvalue weighted by Gasteiger charge is -2.12. The van der Waals surface area contributed by atoms with Crippen LogP contribution < -0.4 is 10.0 Å². The molecule has 1 aliphatic rings. The van der Waals surface area contributed by atoms with Gasteiger partial charge >= 0.3 is 0 Å². The van der Waals surface area contributed by atoms with Crippen LogP contribution in [0.1, 0.15) is 28.1 Å². The minimum absolute atomic E-state index is 0.160. The second-order valence-corrected chi connectivity index (χ2v) is 10.6. The molecule has 0 fully saturated rings. The number of hydrogen-bond donors (Lipinski definition) is 2. The van der Waals surface area contributed by atoms with Crippen LogP contribution in [0.2, 0.25) is 0 Å². The van der Waals surface area contributed by atoms with Crippen LogP contribution in [0, 0.1) is 6.92 Å². The van der Waals surface area contributed by atoms with E-state index >= 15 is 0 Å². The molecule has 0 unspecified atom stereocenters. The molecule has 0 radical (unpaired) electrons. The Balaban J connectivity index is 1.67. The van der Waals surface area contributed by atoms with Gasteiger partial charge in [0, 0.05) is 16.7 Å². The zero-order valence-electron chi connectivity index (χ0n) is 15.6. The Morgan fingerprint density at radius 2 is 2.14 bits per heavy atom. The highest BCUT2D eigenvalue weighted by molar-refractivity contribution is 7.94. The third-order valence-corrected chi connectivity index (χ3v) is 8.38. The van der Waals surface area contributed by atoms with E-state index in [0.29, 0.717) is 36.0 Å². The topological polar surface area (TPSA) is 123 Å². The SMILES string of the molecule is CC(=O)NCc1ccc(S(=O)(=O)Nc2sc3c(c2-c2nc(C)no2)CCOC3)s1. The molecule has 4 rings (SSSR count). The number of hydrogen-bond acceptors (Lipinski definition) is 9. The maximum Gasteiger partial charge on any atom is 0.272 e. The van der Waals surface area contributed by atoms with Gasteiger partial charge in [-0.05, 0) is 31.0 Å². The first-order valence-corrected chi connectivity index (χ1v) is 11.8. The number of carbonyl (C=O) groups excluding carboxylic acids is 1. The first-order valence-electron chi connectivity index (χ1n) is 8.72. The van der Waals surface area contributed by atoms with Crippen LogP contribution in [-0.2, 0) is 39.1 Å². The third kappa shape index (κ3) is 4.20. The van der Waals surface area contributed by atoms with Gasteiger partial charge in [-0.3, -0.25) is 9.52 Å². The molecule has 0 spiro atoms. The van der Waals surface area contributed by atoms with Crippen LogP contribution in [0.15, 0.2) is 20.9 Å². The molecule has 1 amide bonds. The van der Waals surface area contributed by atoms with Crippen molar-refractivity contribution in [3.63, 3.8) is 0 Å². The fourth-order valence-corrected chi connectivity index (χ4v) is 6.69. The Kier molecular flexibility index (Phi) is 5.42. The van der Waals surface area contributed by atoms with Gasteiger partial charge in [-0.15, -0.1) is 22.7 Å². The van der Waals surface area contributed by atoms with Crippen LogP contribution >= 0.6 is 22.7 Å². The molecule has 0 saturated carbocycles. The molecule has 0 aliphatic carbocycles. The second kappa shape index (κ2) is 7.86. The summed E-state index contributed by atoms with van der Waals surface area (Å²) in [7, 11) is -3.82. The second-order valence-electron chi connectivity index (χ2n) is 6.39. The normalized spacial score (nSPS) is 13.9. The van der Waals surface area contributed by atoms with Gasteiger partial charge in [0.2, 0.25) is 5.91 Å². The van der Waals surface area contributed by atoms with Crippen molar-refractivity contribution in [1.29, 1.82) is 0 Å². The van der Waals surface area contributed by atoms with E-state index in [-0.39, 0.29) is 22.6 Å². The minimum atomic E-state index is -3.82. The van der Waals surface area contributed by atoms with E-state index in [1.165, 1.54) is 24.3 Å². The zero-order valence-corrected chi connectivity index (χ0v) is 18.1. The molecule has 12 heteroatoms. The molecule has 4 heterocycles. The summed E-state index contributed by atoms with van der Waals surface area (Å²) in [6.45, 7) is 4.37. The molecule has 3 aromatic rings. The highest BCUT2D eigenvalue weighted by Gasteiger charge is 2.29. The quantitative estimate of drug-likeness (QED) is 0.587. The van der Waals surface area contributed by atoms with E-state index in [1.807, 2.05) is 0 Å². The highest BCUT2D eigenvalue weighted by Crippen LogP contribution is 2.43. The fraction of sp³-hybridized carbons (Fsp3) is 0.353. The summed E-state index contributed by atoms with van der Waals surface area (Å²) in [6, 6.07) is 3.21. The fourth-order valence-electron chi connectivity index (χ4n) is 2.91. The van der Waals surface area contributed by atoms with Gasteiger partial charge in [0.05, 0.1) is 25.3 Å². The van der Waals surface area contributed by atoms with Crippen molar-refractivity contribution in [3.8, 4) is 11.5 Å². The molecule has 3 aromatic heterocycles. The van der Waals surface area contributed by atoms with E-state index in [9.17, 15) is 13.2 Å². The average molecular weight is 455 g/mol. The maximum absolute atomic E-state index is 13.0. The molecule has 0 aromatic carbocycles. The molecule has 2 N–H and O–H groups in total. The molecule has 154 valence electrons. The number of nitrogens with one attached hydrogen (secondary N) is 2. The van der Waals surface area contributed by atoms with Gasteiger partial charge in [-0.25, -0.2) is 8.42 Å². The summed E-state index contributed by atoms with van der Waals surface area (Å²) < 4.78 is 39.6. The van der Waals surface area contributed by atoms with Crippen LogP contribution in [0.3, 0.4) is 0 Å². The number of amides is 1. The van der Waals surface area contributed by atoms with E-state index in [2.05, 4.69) is 20.2 Å². The van der Waals surface area contributed by atoms with E-state index in [1.54, 1.807) is 13.0 Å². The molecule has 1 aliphatic heterocycles. The number of thiophene rings is 2. The monoisotopic (exact) mass is 454 g/mol. The molecule has 0 saturated heterocycles. The molecule has 9 nitrogen and oxygen atoms in total. The predicted molar refractivity (Wildman–Crippen MR) is 108 cm³/mol.